The van der Waals surface area contributed by atoms with Crippen molar-refractivity contribution in [1.82, 2.24) is 4.98 Å². The van der Waals surface area contributed by atoms with Crippen molar-refractivity contribution in [2.75, 3.05) is 11.1 Å². The third-order valence-electron chi connectivity index (χ3n) is 2.54. The lowest BCUT2D eigenvalue weighted by Gasteiger charge is -2.05. The highest BCUT2D eigenvalue weighted by atomic mass is 16.1. The van der Waals surface area contributed by atoms with Gasteiger partial charge in [0.25, 0.3) is 5.91 Å². The highest BCUT2D eigenvalue weighted by Gasteiger charge is 2.09. The van der Waals surface area contributed by atoms with Gasteiger partial charge < -0.3 is 11.1 Å². The molecule has 3 N–H and O–H groups in total. The van der Waals surface area contributed by atoms with Crippen molar-refractivity contribution >= 4 is 17.3 Å². The second-order valence-electron chi connectivity index (χ2n) is 3.91. The van der Waals surface area contributed by atoms with Crippen LogP contribution in [0.3, 0.4) is 0 Å². The molecule has 0 fully saturated rings. The van der Waals surface area contributed by atoms with E-state index in [4.69, 9.17) is 16.3 Å². The Hall–Kier alpha value is -3.38. The Bertz CT molecular complexity index is 738. The van der Waals surface area contributed by atoms with Gasteiger partial charge in [-0.25, -0.2) is 4.98 Å². The molecular formula is C14H9N5O. The predicted octanol–water partition coefficient (Wildman–Crippen LogP) is 1.66. The van der Waals surface area contributed by atoms with E-state index in [-0.39, 0.29) is 16.8 Å². The van der Waals surface area contributed by atoms with Crippen LogP contribution >= 0.6 is 0 Å². The largest absolute Gasteiger partial charge is 0.397 e. The molecule has 6 heteroatoms. The zero-order chi connectivity index (χ0) is 14.5. The highest BCUT2D eigenvalue weighted by Crippen LogP contribution is 2.15. The molecular weight excluding hydrogens is 254 g/mol. The van der Waals surface area contributed by atoms with Crippen LogP contribution < -0.4 is 11.1 Å². The predicted molar refractivity (Wildman–Crippen MR) is 72.5 cm³/mol. The molecule has 0 unspecified atom stereocenters. The van der Waals surface area contributed by atoms with Gasteiger partial charge in [0.05, 0.1) is 23.0 Å². The molecule has 96 valence electrons. The Kier molecular flexibility index (Phi) is 3.60. The number of carbonyl (C=O) groups is 1. The van der Waals surface area contributed by atoms with Gasteiger partial charge in [0.1, 0.15) is 17.8 Å². The molecule has 2 aromatic rings. The average molecular weight is 263 g/mol. The van der Waals surface area contributed by atoms with Gasteiger partial charge in [0.2, 0.25) is 0 Å². The van der Waals surface area contributed by atoms with Crippen LogP contribution in [0, 0.1) is 22.7 Å². The number of carbonyl (C=O) groups excluding carboxylic acids is 1. The number of pyridine rings is 1. The number of hydrogen-bond donors (Lipinski definition) is 2. The summed E-state index contributed by atoms with van der Waals surface area (Å²) in [6, 6.07) is 11.3. The fourth-order valence-corrected chi connectivity index (χ4v) is 1.55. The van der Waals surface area contributed by atoms with E-state index in [1.807, 2.05) is 12.1 Å². The van der Waals surface area contributed by atoms with E-state index in [0.717, 1.165) is 0 Å². The second-order valence-corrected chi connectivity index (χ2v) is 3.91. The number of hydrogen-bond acceptors (Lipinski definition) is 5. The van der Waals surface area contributed by atoms with Crippen LogP contribution in [0.4, 0.5) is 11.4 Å². The first kappa shape index (κ1) is 13.1. The van der Waals surface area contributed by atoms with Crippen molar-refractivity contribution in [2.45, 2.75) is 0 Å². The van der Waals surface area contributed by atoms with Crippen molar-refractivity contribution in [3.05, 3.63) is 53.3 Å². The molecule has 0 spiro atoms. The van der Waals surface area contributed by atoms with E-state index >= 15 is 0 Å². The number of rotatable bonds is 2. The quantitative estimate of drug-likeness (QED) is 0.854. The Labute approximate surface area is 115 Å². The van der Waals surface area contributed by atoms with Crippen LogP contribution in [0.15, 0.2) is 36.5 Å². The van der Waals surface area contributed by atoms with Crippen molar-refractivity contribution in [1.29, 1.82) is 10.5 Å². The lowest BCUT2D eigenvalue weighted by atomic mass is 10.1. The number of nitrogens with zero attached hydrogens (tertiary/aromatic N) is 3. The Morgan fingerprint density at radius 1 is 1.15 bits per heavy atom. The van der Waals surface area contributed by atoms with E-state index < -0.39 is 5.91 Å². The second kappa shape index (κ2) is 5.51. The van der Waals surface area contributed by atoms with E-state index in [1.165, 1.54) is 24.4 Å². The van der Waals surface area contributed by atoms with Gasteiger partial charge >= 0.3 is 0 Å². The number of amides is 1. The molecule has 0 aliphatic heterocycles. The summed E-state index contributed by atoms with van der Waals surface area (Å²) in [4.78, 5) is 15.8. The van der Waals surface area contributed by atoms with Crippen LogP contribution in [-0.4, -0.2) is 10.9 Å². The summed E-state index contributed by atoms with van der Waals surface area (Å²) in [5, 5.41) is 20.3. The van der Waals surface area contributed by atoms with Gasteiger partial charge in [-0.05, 0) is 30.3 Å². The van der Waals surface area contributed by atoms with Crippen LogP contribution in [-0.2, 0) is 0 Å². The van der Waals surface area contributed by atoms with Gasteiger partial charge in [-0.2, -0.15) is 10.5 Å². The fraction of sp³-hybridized carbons (Fsp3) is 0. The third-order valence-corrected chi connectivity index (χ3v) is 2.54. The molecule has 6 nitrogen and oxygen atoms in total. The van der Waals surface area contributed by atoms with Gasteiger partial charge in [-0.1, -0.05) is 0 Å². The maximum atomic E-state index is 11.9. The normalized spacial score (nSPS) is 9.30. The lowest BCUT2D eigenvalue weighted by Crippen LogP contribution is -2.13. The number of anilines is 2. The summed E-state index contributed by atoms with van der Waals surface area (Å²) >= 11 is 0. The molecule has 0 aliphatic rings. The molecule has 20 heavy (non-hydrogen) atoms. The summed E-state index contributed by atoms with van der Waals surface area (Å²) < 4.78 is 0. The minimum atomic E-state index is -0.418. The van der Waals surface area contributed by atoms with E-state index in [2.05, 4.69) is 10.3 Å². The highest BCUT2D eigenvalue weighted by molar-refractivity contribution is 6.03. The standard InChI is InChI=1S/C14H9N5O/c15-6-9-1-3-12(5-10(9)7-16)19-14(20)13-4-2-11(17)8-18-13/h1-5,8H,17H2,(H,19,20). The third kappa shape index (κ3) is 2.71. The average Bonchev–Trinajstić information content (AvgIpc) is 2.47. The van der Waals surface area contributed by atoms with Crippen molar-refractivity contribution in [3.63, 3.8) is 0 Å². The van der Waals surface area contributed by atoms with Gasteiger partial charge in [-0.15, -0.1) is 0 Å². The molecule has 0 saturated heterocycles. The van der Waals surface area contributed by atoms with E-state index in [9.17, 15) is 4.79 Å². The smallest absolute Gasteiger partial charge is 0.274 e. The Morgan fingerprint density at radius 2 is 1.90 bits per heavy atom. The molecule has 1 aromatic heterocycles. The number of nitriles is 2. The number of nitrogen functional groups attached to an aromatic ring is 1. The zero-order valence-electron chi connectivity index (χ0n) is 10.3. The van der Waals surface area contributed by atoms with Crippen LogP contribution in [0.2, 0.25) is 0 Å². The summed E-state index contributed by atoms with van der Waals surface area (Å²) in [5.41, 5.74) is 7.05. The first-order valence-corrected chi connectivity index (χ1v) is 5.61. The summed E-state index contributed by atoms with van der Waals surface area (Å²) in [6.45, 7) is 0. The fourth-order valence-electron chi connectivity index (χ4n) is 1.55. The van der Waals surface area contributed by atoms with E-state index in [0.29, 0.717) is 11.4 Å². The molecule has 2 rings (SSSR count). The summed E-state index contributed by atoms with van der Waals surface area (Å²) in [6.07, 6.45) is 1.38. The maximum absolute atomic E-state index is 11.9. The molecule has 1 amide bonds. The first-order chi connectivity index (χ1) is 9.63. The first-order valence-electron chi connectivity index (χ1n) is 5.61. The van der Waals surface area contributed by atoms with Crippen LogP contribution in [0.1, 0.15) is 21.6 Å². The van der Waals surface area contributed by atoms with Crippen molar-refractivity contribution in [2.24, 2.45) is 0 Å². The Balaban J connectivity index is 2.23. The molecule has 1 aromatic carbocycles. The Morgan fingerprint density at radius 3 is 2.50 bits per heavy atom. The SMILES string of the molecule is N#Cc1ccc(NC(=O)c2ccc(N)cn2)cc1C#N. The van der Waals surface area contributed by atoms with Crippen molar-refractivity contribution in [3.8, 4) is 12.1 Å². The minimum absolute atomic E-state index is 0.204. The molecule has 0 saturated carbocycles. The zero-order valence-corrected chi connectivity index (χ0v) is 10.3. The lowest BCUT2D eigenvalue weighted by molar-refractivity contribution is 0.102. The van der Waals surface area contributed by atoms with Gasteiger partial charge in [-0.3, -0.25) is 4.79 Å². The van der Waals surface area contributed by atoms with Crippen LogP contribution in [0.25, 0.3) is 0 Å². The molecule has 0 aliphatic carbocycles. The van der Waals surface area contributed by atoms with Gasteiger partial charge in [0, 0.05) is 5.69 Å². The molecule has 1 heterocycles. The summed E-state index contributed by atoms with van der Waals surface area (Å²) in [5.74, 6) is -0.418. The van der Waals surface area contributed by atoms with E-state index in [1.54, 1.807) is 12.1 Å². The van der Waals surface area contributed by atoms with Crippen molar-refractivity contribution < 1.29 is 4.79 Å². The summed E-state index contributed by atoms with van der Waals surface area (Å²) in [7, 11) is 0. The molecule has 0 radical (unpaired) electrons. The van der Waals surface area contributed by atoms with Crippen LogP contribution in [0.5, 0.6) is 0 Å². The number of nitrogens with two attached hydrogens (primary N) is 1. The minimum Gasteiger partial charge on any atom is -0.397 e. The molecule has 0 bridgehead atoms. The monoisotopic (exact) mass is 263 g/mol. The number of aromatic nitrogens is 1. The number of benzene rings is 1. The topological polar surface area (TPSA) is 116 Å². The maximum Gasteiger partial charge on any atom is 0.274 e. The molecule has 0 atom stereocenters. The van der Waals surface area contributed by atoms with Gasteiger partial charge in [0.15, 0.2) is 0 Å². The number of nitrogens with one attached hydrogen (secondary N) is 1.